The molecule has 7 nitrogen and oxygen atoms in total. The van der Waals surface area contributed by atoms with Crippen molar-refractivity contribution in [3.63, 3.8) is 0 Å². The second-order valence-corrected chi connectivity index (χ2v) is 11.2. The topological polar surface area (TPSA) is 86.8 Å². The van der Waals surface area contributed by atoms with E-state index in [1.54, 1.807) is 13.8 Å². The van der Waals surface area contributed by atoms with Gasteiger partial charge in [0.1, 0.15) is 6.04 Å². The Kier molecular flexibility index (Phi) is 6.83. The van der Waals surface area contributed by atoms with E-state index in [1.165, 1.54) is 52.3 Å². The van der Waals surface area contributed by atoms with E-state index in [9.17, 15) is 18.0 Å². The van der Waals surface area contributed by atoms with Crippen LogP contribution in [-0.2, 0) is 14.8 Å². The zero-order chi connectivity index (χ0) is 21.3. The highest BCUT2D eigenvalue weighted by molar-refractivity contribution is 7.99. The lowest BCUT2D eigenvalue weighted by Gasteiger charge is -2.27. The van der Waals surface area contributed by atoms with Crippen molar-refractivity contribution in [2.45, 2.75) is 57.1 Å². The first-order valence-electron chi connectivity index (χ1n) is 9.13. The minimum atomic E-state index is -3.60. The fraction of sp³-hybridized carbons (Fsp3) is 0.579. The van der Waals surface area contributed by atoms with Crippen LogP contribution in [0.3, 0.4) is 0 Å². The summed E-state index contributed by atoms with van der Waals surface area (Å²) in [7, 11) is -2.08. The SMILES string of the molecule is CC(C)N(C)S(=O)(=O)c1ccc(C(=O)N2CSCC2C(=O)NC(C)(C)C)cc1. The Labute approximate surface area is 171 Å². The molecular weight excluding hydrogens is 398 g/mol. The summed E-state index contributed by atoms with van der Waals surface area (Å²) in [5.74, 6) is 0.514. The van der Waals surface area contributed by atoms with Crippen molar-refractivity contribution in [1.82, 2.24) is 14.5 Å². The Bertz CT molecular complexity index is 830. The Hall–Kier alpha value is -1.58. The van der Waals surface area contributed by atoms with E-state index in [1.807, 2.05) is 20.8 Å². The van der Waals surface area contributed by atoms with Gasteiger partial charge in [0.2, 0.25) is 15.9 Å². The van der Waals surface area contributed by atoms with Gasteiger partial charge in [-0.2, -0.15) is 4.31 Å². The zero-order valence-corrected chi connectivity index (χ0v) is 18.9. The van der Waals surface area contributed by atoms with E-state index in [2.05, 4.69) is 5.32 Å². The molecule has 0 bridgehead atoms. The lowest BCUT2D eigenvalue weighted by Crippen LogP contribution is -2.52. The molecule has 1 aromatic rings. The molecule has 1 aliphatic rings. The van der Waals surface area contributed by atoms with Crippen molar-refractivity contribution in [2.75, 3.05) is 18.7 Å². The number of benzene rings is 1. The van der Waals surface area contributed by atoms with E-state index in [-0.39, 0.29) is 28.3 Å². The van der Waals surface area contributed by atoms with E-state index in [0.717, 1.165) is 0 Å². The van der Waals surface area contributed by atoms with Crippen molar-refractivity contribution in [1.29, 1.82) is 0 Å². The van der Waals surface area contributed by atoms with Crippen molar-refractivity contribution in [2.24, 2.45) is 0 Å². The van der Waals surface area contributed by atoms with E-state index < -0.39 is 16.1 Å². The second kappa shape index (κ2) is 8.42. The summed E-state index contributed by atoms with van der Waals surface area (Å²) < 4.78 is 26.4. The van der Waals surface area contributed by atoms with Crippen LogP contribution in [0.4, 0.5) is 0 Å². The molecule has 9 heteroatoms. The minimum absolute atomic E-state index is 0.137. The maximum Gasteiger partial charge on any atom is 0.255 e. The molecule has 0 spiro atoms. The van der Waals surface area contributed by atoms with Gasteiger partial charge in [-0.1, -0.05) is 0 Å². The third-order valence-electron chi connectivity index (χ3n) is 4.45. The molecule has 0 saturated carbocycles. The van der Waals surface area contributed by atoms with Gasteiger partial charge in [-0.3, -0.25) is 9.59 Å². The highest BCUT2D eigenvalue weighted by atomic mass is 32.2. The lowest BCUT2D eigenvalue weighted by molar-refractivity contribution is -0.125. The molecule has 1 fully saturated rings. The Morgan fingerprint density at radius 1 is 1.21 bits per heavy atom. The summed E-state index contributed by atoms with van der Waals surface area (Å²) >= 11 is 1.52. The van der Waals surface area contributed by atoms with Gasteiger partial charge in [0.25, 0.3) is 5.91 Å². The molecule has 2 amide bonds. The van der Waals surface area contributed by atoms with Crippen molar-refractivity contribution in [3.05, 3.63) is 29.8 Å². The molecule has 1 aromatic carbocycles. The quantitative estimate of drug-likeness (QED) is 0.778. The highest BCUT2D eigenvalue weighted by Crippen LogP contribution is 2.25. The fourth-order valence-corrected chi connectivity index (χ4v) is 5.21. The largest absolute Gasteiger partial charge is 0.350 e. The van der Waals surface area contributed by atoms with Crippen LogP contribution in [0.1, 0.15) is 45.0 Å². The van der Waals surface area contributed by atoms with Crippen LogP contribution in [0.2, 0.25) is 0 Å². The van der Waals surface area contributed by atoms with Gasteiger partial charge in [-0.05, 0) is 58.9 Å². The fourth-order valence-electron chi connectivity index (χ4n) is 2.69. The molecule has 28 heavy (non-hydrogen) atoms. The van der Waals surface area contributed by atoms with Crippen molar-refractivity contribution >= 4 is 33.6 Å². The standard InChI is InChI=1S/C19H29N3O4S2/c1-13(2)21(6)28(25,26)15-9-7-14(8-10-15)18(24)22-12-27-11-16(22)17(23)20-19(3,4)5/h7-10,13,16H,11-12H2,1-6H3,(H,20,23). The maximum atomic E-state index is 12.9. The maximum absolute atomic E-state index is 12.9. The van der Waals surface area contributed by atoms with Gasteiger partial charge >= 0.3 is 0 Å². The average molecular weight is 428 g/mol. The molecule has 1 atom stereocenters. The van der Waals surface area contributed by atoms with Gasteiger partial charge in [0.05, 0.1) is 10.8 Å². The number of thioether (sulfide) groups is 1. The molecule has 1 N–H and O–H groups in total. The lowest BCUT2D eigenvalue weighted by atomic mass is 10.1. The number of sulfonamides is 1. The van der Waals surface area contributed by atoms with Gasteiger partial charge < -0.3 is 10.2 Å². The number of carbonyl (C=O) groups is 2. The minimum Gasteiger partial charge on any atom is -0.350 e. The molecule has 1 heterocycles. The molecule has 1 saturated heterocycles. The first kappa shape index (κ1) is 22.7. The first-order chi connectivity index (χ1) is 12.8. The summed E-state index contributed by atoms with van der Waals surface area (Å²) in [6.07, 6.45) is 0. The summed E-state index contributed by atoms with van der Waals surface area (Å²) in [5.41, 5.74) is -0.0143. The average Bonchev–Trinajstić information content (AvgIpc) is 3.08. The molecule has 2 rings (SSSR count). The first-order valence-corrected chi connectivity index (χ1v) is 11.7. The number of nitrogens with one attached hydrogen (secondary N) is 1. The molecule has 156 valence electrons. The number of hydrogen-bond donors (Lipinski definition) is 1. The van der Waals surface area contributed by atoms with Crippen LogP contribution in [0.5, 0.6) is 0 Å². The van der Waals surface area contributed by atoms with Gasteiger partial charge in [-0.25, -0.2) is 8.42 Å². The second-order valence-electron chi connectivity index (χ2n) is 8.17. The normalized spacial score (nSPS) is 18.0. The summed E-state index contributed by atoms with van der Waals surface area (Å²) in [5, 5.41) is 2.92. The molecular formula is C19H29N3O4S2. The van der Waals surface area contributed by atoms with Gasteiger partial charge in [0.15, 0.2) is 0 Å². The number of hydrogen-bond acceptors (Lipinski definition) is 5. The predicted octanol–water partition coefficient (Wildman–Crippen LogP) is 2.15. The van der Waals surface area contributed by atoms with Gasteiger partial charge in [0, 0.05) is 29.9 Å². The summed E-state index contributed by atoms with van der Waals surface area (Å²) in [6, 6.07) is 5.18. The third kappa shape index (κ3) is 5.07. The Balaban J connectivity index is 2.19. The van der Waals surface area contributed by atoms with Crippen LogP contribution in [0.25, 0.3) is 0 Å². The molecule has 0 aromatic heterocycles. The third-order valence-corrected chi connectivity index (χ3v) is 7.51. The number of amides is 2. The molecule has 1 aliphatic heterocycles. The van der Waals surface area contributed by atoms with Crippen LogP contribution >= 0.6 is 11.8 Å². The molecule has 0 radical (unpaired) electrons. The zero-order valence-electron chi connectivity index (χ0n) is 17.2. The van der Waals surface area contributed by atoms with E-state index in [4.69, 9.17) is 0 Å². The monoisotopic (exact) mass is 427 g/mol. The van der Waals surface area contributed by atoms with Crippen molar-refractivity contribution < 1.29 is 18.0 Å². The van der Waals surface area contributed by atoms with Crippen LogP contribution in [-0.4, -0.2) is 65.7 Å². The highest BCUT2D eigenvalue weighted by Gasteiger charge is 2.36. The number of nitrogens with zero attached hydrogens (tertiary/aromatic N) is 2. The van der Waals surface area contributed by atoms with E-state index >= 15 is 0 Å². The van der Waals surface area contributed by atoms with Crippen molar-refractivity contribution in [3.8, 4) is 0 Å². The number of carbonyl (C=O) groups excluding carboxylic acids is 2. The smallest absolute Gasteiger partial charge is 0.255 e. The van der Waals surface area contributed by atoms with Gasteiger partial charge in [-0.15, -0.1) is 11.8 Å². The summed E-state index contributed by atoms with van der Waals surface area (Å²) in [4.78, 5) is 27.1. The van der Waals surface area contributed by atoms with Crippen LogP contribution in [0, 0.1) is 0 Å². The van der Waals surface area contributed by atoms with Crippen LogP contribution < -0.4 is 5.32 Å². The molecule has 0 aliphatic carbocycles. The molecule has 1 unspecified atom stereocenters. The van der Waals surface area contributed by atoms with Crippen LogP contribution in [0.15, 0.2) is 29.2 Å². The number of rotatable bonds is 5. The Morgan fingerprint density at radius 3 is 2.29 bits per heavy atom. The predicted molar refractivity (Wildman–Crippen MR) is 112 cm³/mol. The van der Waals surface area contributed by atoms with E-state index in [0.29, 0.717) is 17.2 Å². The summed E-state index contributed by atoms with van der Waals surface area (Å²) in [6.45, 7) is 9.28. The Morgan fingerprint density at radius 2 is 1.79 bits per heavy atom.